The molecule has 3 saturated carbocycles. The second-order valence-corrected chi connectivity index (χ2v) is 11.8. The number of aliphatic hydroxyl groups is 1. The Morgan fingerprint density at radius 2 is 1.92 bits per heavy atom. The van der Waals surface area contributed by atoms with E-state index < -0.39 is 81.8 Å². The molecule has 1 amide bonds. The van der Waals surface area contributed by atoms with Gasteiger partial charge in [-0.1, -0.05) is 19.9 Å². The van der Waals surface area contributed by atoms with Gasteiger partial charge in [0.25, 0.3) is 0 Å². The van der Waals surface area contributed by atoms with Crippen molar-refractivity contribution >= 4 is 36.3 Å². The molecule has 4 aliphatic carbocycles. The summed E-state index contributed by atoms with van der Waals surface area (Å²) in [4.78, 5) is 49.5. The van der Waals surface area contributed by atoms with Gasteiger partial charge < -0.3 is 20.3 Å². The quantitative estimate of drug-likeness (QED) is 0.311. The molecule has 0 aliphatic heterocycles. The van der Waals surface area contributed by atoms with E-state index in [1.165, 1.54) is 26.0 Å². The molecule has 10 atom stereocenters. The number of nitrogens with one attached hydrogen (secondary N) is 1. The fraction of sp³-hybridized carbons (Fsp3) is 0.692. The lowest BCUT2D eigenvalue weighted by Crippen LogP contribution is -2.71. The number of aliphatic carboxylic acids is 1. The van der Waals surface area contributed by atoms with Crippen molar-refractivity contribution in [1.82, 2.24) is 5.32 Å². The highest BCUT2D eigenvalue weighted by Crippen LogP contribution is 2.71. The number of halogens is 2. The van der Waals surface area contributed by atoms with Crippen LogP contribution in [0.1, 0.15) is 47.0 Å². The largest absolute Gasteiger partial charge is 0.478 e. The average molecular weight is 542 g/mol. The maximum Gasteiger partial charge on any atom is 0.349 e. The van der Waals surface area contributed by atoms with Crippen LogP contribution in [0.4, 0.5) is 8.78 Å². The second kappa shape index (κ2) is 8.90. The molecule has 0 saturated heterocycles. The third-order valence-electron chi connectivity index (χ3n) is 9.59. The van der Waals surface area contributed by atoms with E-state index in [4.69, 9.17) is 4.74 Å². The number of carboxylic acids is 1. The molecule has 204 valence electrons. The van der Waals surface area contributed by atoms with Gasteiger partial charge in [-0.2, -0.15) is 12.6 Å². The molecular formula is C26H33F2NO7S. The van der Waals surface area contributed by atoms with Crippen LogP contribution >= 0.6 is 12.6 Å². The number of carbonyl (C=O) groups excluding carboxylic acids is 3. The number of allylic oxidation sites excluding steroid dienone is 4. The summed E-state index contributed by atoms with van der Waals surface area (Å²) in [6, 6.07) is -1.22. The Kier molecular flexibility index (Phi) is 6.67. The Bertz CT molecular complexity index is 1110. The minimum absolute atomic E-state index is 0.0321. The molecule has 8 nitrogen and oxygen atoms in total. The van der Waals surface area contributed by atoms with Gasteiger partial charge in [0.15, 0.2) is 11.5 Å². The van der Waals surface area contributed by atoms with Crippen molar-refractivity contribution in [3.8, 4) is 0 Å². The number of thiol groups is 1. The number of hydrogen-bond acceptors (Lipinski definition) is 7. The summed E-state index contributed by atoms with van der Waals surface area (Å²) in [6.07, 6.45) is -0.466. The Balaban J connectivity index is 1.81. The lowest BCUT2D eigenvalue weighted by atomic mass is 9.44. The van der Waals surface area contributed by atoms with Crippen molar-refractivity contribution in [2.75, 3.05) is 5.75 Å². The first-order chi connectivity index (χ1) is 17.1. The summed E-state index contributed by atoms with van der Waals surface area (Å²) >= 11 is 4.07. The van der Waals surface area contributed by atoms with Gasteiger partial charge >= 0.3 is 11.9 Å². The van der Waals surface area contributed by atoms with Crippen molar-refractivity contribution in [1.29, 1.82) is 0 Å². The predicted octanol–water partition coefficient (Wildman–Crippen LogP) is 2.35. The third kappa shape index (κ3) is 3.56. The van der Waals surface area contributed by atoms with Crippen molar-refractivity contribution in [2.24, 2.45) is 28.6 Å². The Labute approximate surface area is 219 Å². The first kappa shape index (κ1) is 27.8. The van der Waals surface area contributed by atoms with E-state index in [1.54, 1.807) is 13.8 Å². The summed E-state index contributed by atoms with van der Waals surface area (Å²) in [5, 5.41) is 24.3. The number of fused-ring (bicyclic) bond motifs is 5. The number of amides is 1. The molecule has 0 heterocycles. The zero-order valence-electron chi connectivity index (χ0n) is 21.2. The monoisotopic (exact) mass is 541 g/mol. The van der Waals surface area contributed by atoms with E-state index in [-0.39, 0.29) is 30.6 Å². The standard InChI is InChI=1S/C26H33F2NO7S/c1-12-7-15-16-9-18(27)17-8-14(31)5-6-23(17,3)25(16,28)20(32)10-24(15,4)26(12,22(34)35)36-21(33)19(11-37)29-13(2)30/h5-6,8,12,15-16,18-20,32,37H,7,9-11H2,1-4H3,(H,29,30)(H,34,35). The van der Waals surface area contributed by atoms with Crippen LogP contribution in [-0.4, -0.2) is 69.2 Å². The number of carboxylic acid groups (broad SMARTS) is 1. The van der Waals surface area contributed by atoms with Crippen LogP contribution in [0.3, 0.4) is 0 Å². The molecule has 0 aromatic heterocycles. The molecule has 3 fully saturated rings. The van der Waals surface area contributed by atoms with Gasteiger partial charge in [0.1, 0.15) is 12.2 Å². The normalized spacial score (nSPS) is 45.1. The number of aliphatic hydroxyl groups excluding tert-OH is 1. The number of rotatable bonds is 5. The number of ether oxygens (including phenoxy) is 1. The fourth-order valence-corrected chi connectivity index (χ4v) is 8.14. The van der Waals surface area contributed by atoms with Crippen LogP contribution in [0.25, 0.3) is 0 Å². The maximum atomic E-state index is 17.3. The van der Waals surface area contributed by atoms with Gasteiger partial charge in [-0.3, -0.25) is 9.59 Å². The number of hydrogen-bond donors (Lipinski definition) is 4. The Morgan fingerprint density at radius 3 is 2.49 bits per heavy atom. The van der Waals surface area contributed by atoms with Gasteiger partial charge in [-0.25, -0.2) is 18.4 Å². The van der Waals surface area contributed by atoms with Crippen LogP contribution in [0.5, 0.6) is 0 Å². The summed E-state index contributed by atoms with van der Waals surface area (Å²) in [5.74, 6) is -6.31. The minimum atomic E-state index is -2.38. The molecule has 4 aliphatic rings. The van der Waals surface area contributed by atoms with E-state index >= 15 is 8.78 Å². The molecule has 0 spiro atoms. The molecule has 0 bridgehead atoms. The zero-order valence-corrected chi connectivity index (χ0v) is 22.1. The molecule has 0 aromatic carbocycles. The molecule has 0 aromatic rings. The van der Waals surface area contributed by atoms with Crippen LogP contribution < -0.4 is 5.32 Å². The molecule has 37 heavy (non-hydrogen) atoms. The number of alkyl halides is 2. The fourth-order valence-electron chi connectivity index (χ4n) is 7.89. The summed E-state index contributed by atoms with van der Waals surface area (Å²) < 4.78 is 38.6. The number of carbonyl (C=O) groups is 4. The van der Waals surface area contributed by atoms with Crippen molar-refractivity contribution in [2.45, 2.75) is 76.5 Å². The molecule has 3 N–H and O–H groups in total. The number of ketones is 1. The first-order valence-corrected chi connectivity index (χ1v) is 13.0. The van der Waals surface area contributed by atoms with E-state index in [9.17, 15) is 29.4 Å². The minimum Gasteiger partial charge on any atom is -0.478 e. The van der Waals surface area contributed by atoms with Gasteiger partial charge in [-0.15, -0.1) is 0 Å². The van der Waals surface area contributed by atoms with Crippen LogP contribution in [0.15, 0.2) is 23.8 Å². The average Bonchev–Trinajstić information content (AvgIpc) is 3.02. The lowest BCUT2D eigenvalue weighted by Gasteiger charge is -2.62. The summed E-state index contributed by atoms with van der Waals surface area (Å²) in [7, 11) is 0. The predicted molar refractivity (Wildman–Crippen MR) is 131 cm³/mol. The van der Waals surface area contributed by atoms with Crippen molar-refractivity contribution in [3.63, 3.8) is 0 Å². The van der Waals surface area contributed by atoms with Crippen LogP contribution in [0, 0.1) is 28.6 Å². The molecule has 11 heteroatoms. The van der Waals surface area contributed by atoms with Crippen molar-refractivity contribution in [3.05, 3.63) is 23.8 Å². The van der Waals surface area contributed by atoms with Crippen LogP contribution in [0.2, 0.25) is 0 Å². The maximum absolute atomic E-state index is 17.3. The van der Waals surface area contributed by atoms with E-state index in [1.807, 2.05) is 0 Å². The highest BCUT2D eigenvalue weighted by molar-refractivity contribution is 7.80. The van der Waals surface area contributed by atoms with E-state index in [2.05, 4.69) is 17.9 Å². The highest BCUT2D eigenvalue weighted by Gasteiger charge is 2.78. The number of esters is 1. The lowest BCUT2D eigenvalue weighted by molar-refractivity contribution is -0.237. The van der Waals surface area contributed by atoms with Gasteiger partial charge in [-0.05, 0) is 49.8 Å². The van der Waals surface area contributed by atoms with Crippen molar-refractivity contribution < 1.29 is 42.9 Å². The summed E-state index contributed by atoms with van der Waals surface area (Å²) in [5.41, 5.74) is -7.66. The molecule has 10 unspecified atom stereocenters. The summed E-state index contributed by atoms with van der Waals surface area (Å²) in [6.45, 7) is 5.77. The second-order valence-electron chi connectivity index (χ2n) is 11.4. The zero-order chi connectivity index (χ0) is 27.7. The van der Waals surface area contributed by atoms with E-state index in [0.29, 0.717) is 0 Å². The van der Waals surface area contributed by atoms with Gasteiger partial charge in [0.05, 0.1) is 6.10 Å². The molecule has 0 radical (unpaired) electrons. The van der Waals surface area contributed by atoms with Crippen LogP contribution in [-0.2, 0) is 23.9 Å². The van der Waals surface area contributed by atoms with E-state index in [0.717, 1.165) is 6.08 Å². The molecular weight excluding hydrogens is 508 g/mol. The highest BCUT2D eigenvalue weighted by atomic mass is 32.1. The molecule has 4 rings (SSSR count). The third-order valence-corrected chi connectivity index (χ3v) is 9.96. The smallest absolute Gasteiger partial charge is 0.349 e. The first-order valence-electron chi connectivity index (χ1n) is 12.4. The Hall–Kier alpha value is -2.27. The Morgan fingerprint density at radius 1 is 1.27 bits per heavy atom. The SMILES string of the molecule is CC(=O)NC(CS)C(=O)OC1(C(=O)O)C(C)CC2C3CC(F)C4=CC(=O)C=CC4(C)C3(F)C(O)CC21C. The van der Waals surface area contributed by atoms with Gasteiger partial charge in [0, 0.05) is 35.3 Å². The topological polar surface area (TPSA) is 130 Å². The van der Waals surface area contributed by atoms with Gasteiger partial charge in [0.2, 0.25) is 11.5 Å².